The highest BCUT2D eigenvalue weighted by atomic mass is 16.4. The third-order valence-corrected chi connectivity index (χ3v) is 4.20. The summed E-state index contributed by atoms with van der Waals surface area (Å²) < 4.78 is 0. The normalized spacial score (nSPS) is 20.1. The molecule has 11 nitrogen and oxygen atoms in total. The van der Waals surface area contributed by atoms with Gasteiger partial charge in [-0.2, -0.15) is 0 Å². The van der Waals surface area contributed by atoms with Gasteiger partial charge in [0.25, 0.3) is 0 Å². The molecule has 1 aliphatic heterocycles. The molecule has 4 unspecified atom stereocenters. The van der Waals surface area contributed by atoms with Crippen molar-refractivity contribution in [2.24, 2.45) is 22.2 Å². The fourth-order valence-corrected chi connectivity index (χ4v) is 2.74. The zero-order valence-electron chi connectivity index (χ0n) is 14.8. The Kier molecular flexibility index (Phi) is 8.26. The minimum Gasteiger partial charge on any atom is -0.480 e. The first kappa shape index (κ1) is 21.6. The smallest absolute Gasteiger partial charge is 0.326 e. The average molecular weight is 372 g/mol. The van der Waals surface area contributed by atoms with Crippen molar-refractivity contribution >= 4 is 23.7 Å². The molecule has 2 amide bonds. The Morgan fingerprint density at radius 3 is 2.54 bits per heavy atom. The lowest BCUT2D eigenvalue weighted by molar-refractivity contribution is -0.149. The average Bonchev–Trinajstić information content (AvgIpc) is 3.05. The maximum Gasteiger partial charge on any atom is 0.326 e. The van der Waals surface area contributed by atoms with E-state index in [1.54, 1.807) is 0 Å². The molecule has 1 aliphatic rings. The number of carboxylic acid groups (broad SMARTS) is 1. The monoisotopic (exact) mass is 372 g/mol. The quantitative estimate of drug-likeness (QED) is 0.143. The Bertz CT molecular complexity index is 549. The van der Waals surface area contributed by atoms with Gasteiger partial charge in [-0.3, -0.25) is 14.6 Å². The summed E-state index contributed by atoms with van der Waals surface area (Å²) in [4.78, 5) is 41.3. The van der Waals surface area contributed by atoms with Crippen molar-refractivity contribution in [1.29, 1.82) is 0 Å². The Morgan fingerprint density at radius 1 is 1.35 bits per heavy atom. The number of nitrogens with one attached hydrogen (secondary N) is 1. The number of aliphatic carboxylic acids is 1. The van der Waals surface area contributed by atoms with Crippen molar-refractivity contribution in [3.8, 4) is 0 Å². The van der Waals surface area contributed by atoms with E-state index in [0.29, 0.717) is 25.8 Å². The molecule has 11 heteroatoms. The molecule has 26 heavy (non-hydrogen) atoms. The molecule has 0 aromatic carbocycles. The fraction of sp³-hybridized carbons (Fsp3) is 0.733. The Balaban J connectivity index is 2.84. The zero-order chi connectivity index (χ0) is 19.9. The summed E-state index contributed by atoms with van der Waals surface area (Å²) in [5, 5.41) is 21.2. The molecule has 1 saturated heterocycles. The summed E-state index contributed by atoms with van der Waals surface area (Å²) in [6.07, 6.45) is 0.444. The second kappa shape index (κ2) is 9.92. The zero-order valence-corrected chi connectivity index (χ0v) is 14.8. The number of aliphatic imine (C=N–C) groups is 1. The van der Waals surface area contributed by atoms with E-state index in [0.717, 1.165) is 0 Å². The van der Waals surface area contributed by atoms with Gasteiger partial charge in [0.1, 0.15) is 18.1 Å². The van der Waals surface area contributed by atoms with E-state index >= 15 is 0 Å². The standard InChI is InChI=1S/C15H28N6O5/c1-8(22)11(16)12(23)20-9(4-2-6-19-15(17)18)13(24)21-7-3-5-10(21)14(25)26/h8-11,22H,2-7,16H2,1H3,(H,20,23)(H,25,26)(H4,17,18,19). The van der Waals surface area contributed by atoms with E-state index < -0.39 is 42.0 Å². The number of rotatable bonds is 9. The summed E-state index contributed by atoms with van der Waals surface area (Å²) in [5.74, 6) is -2.35. The van der Waals surface area contributed by atoms with Gasteiger partial charge in [0.15, 0.2) is 5.96 Å². The van der Waals surface area contributed by atoms with Crippen molar-refractivity contribution in [2.75, 3.05) is 13.1 Å². The second-order valence-corrected chi connectivity index (χ2v) is 6.30. The molecule has 0 aromatic rings. The number of guanidine groups is 1. The van der Waals surface area contributed by atoms with Gasteiger partial charge in [0.05, 0.1) is 6.10 Å². The molecule has 0 saturated carbocycles. The number of aliphatic hydroxyl groups excluding tert-OH is 1. The lowest BCUT2D eigenvalue weighted by Crippen LogP contribution is -2.56. The van der Waals surface area contributed by atoms with Crippen LogP contribution in [0.3, 0.4) is 0 Å². The summed E-state index contributed by atoms with van der Waals surface area (Å²) in [7, 11) is 0. The van der Waals surface area contributed by atoms with Crippen LogP contribution in [0.15, 0.2) is 4.99 Å². The molecule has 0 aromatic heterocycles. The number of carboxylic acids is 1. The first-order valence-corrected chi connectivity index (χ1v) is 8.47. The van der Waals surface area contributed by atoms with Crippen molar-refractivity contribution in [3.63, 3.8) is 0 Å². The highest BCUT2D eigenvalue weighted by Crippen LogP contribution is 2.19. The van der Waals surface area contributed by atoms with Crippen LogP contribution >= 0.6 is 0 Å². The molecule has 1 fully saturated rings. The molecule has 4 atom stereocenters. The summed E-state index contributed by atoms with van der Waals surface area (Å²) >= 11 is 0. The molecule has 9 N–H and O–H groups in total. The van der Waals surface area contributed by atoms with E-state index in [9.17, 15) is 24.6 Å². The number of nitrogens with zero attached hydrogens (tertiary/aromatic N) is 2. The highest BCUT2D eigenvalue weighted by Gasteiger charge is 2.38. The van der Waals surface area contributed by atoms with Crippen molar-refractivity contribution in [2.45, 2.75) is 56.8 Å². The van der Waals surface area contributed by atoms with Crippen molar-refractivity contribution < 1.29 is 24.6 Å². The summed E-state index contributed by atoms with van der Waals surface area (Å²) in [6.45, 7) is 1.92. The molecule has 148 valence electrons. The molecule has 0 bridgehead atoms. The lowest BCUT2D eigenvalue weighted by Gasteiger charge is -2.28. The SMILES string of the molecule is CC(O)C(N)C(=O)NC(CCCN=C(N)N)C(=O)N1CCCC1C(=O)O. The van der Waals surface area contributed by atoms with Crippen LogP contribution in [0.1, 0.15) is 32.6 Å². The molecule has 0 aliphatic carbocycles. The Hall–Kier alpha value is -2.40. The molecule has 0 spiro atoms. The van der Waals surface area contributed by atoms with Crippen molar-refractivity contribution in [3.05, 3.63) is 0 Å². The Morgan fingerprint density at radius 2 is 2.00 bits per heavy atom. The van der Waals surface area contributed by atoms with Crippen LogP contribution in [0.5, 0.6) is 0 Å². The van der Waals surface area contributed by atoms with E-state index in [1.165, 1.54) is 11.8 Å². The summed E-state index contributed by atoms with van der Waals surface area (Å²) in [5.41, 5.74) is 16.1. The molecule has 1 heterocycles. The topological polar surface area (TPSA) is 197 Å². The minimum atomic E-state index is -1.20. The number of amides is 2. The first-order valence-electron chi connectivity index (χ1n) is 8.47. The van der Waals surface area contributed by atoms with E-state index in [1.807, 2.05) is 0 Å². The van der Waals surface area contributed by atoms with Gasteiger partial charge < -0.3 is 37.6 Å². The van der Waals surface area contributed by atoms with Crippen LogP contribution in [0.25, 0.3) is 0 Å². The predicted molar refractivity (Wildman–Crippen MR) is 93.9 cm³/mol. The van der Waals surface area contributed by atoms with Gasteiger partial charge in [-0.15, -0.1) is 0 Å². The number of nitrogens with two attached hydrogens (primary N) is 3. The molecular formula is C15H28N6O5. The molecule has 1 rings (SSSR count). The van der Waals surface area contributed by atoms with Gasteiger partial charge in [-0.05, 0) is 32.6 Å². The van der Waals surface area contributed by atoms with Crippen LogP contribution < -0.4 is 22.5 Å². The number of hydrogen-bond donors (Lipinski definition) is 6. The number of likely N-dealkylation sites (tertiary alicyclic amines) is 1. The molecule has 0 radical (unpaired) electrons. The van der Waals surface area contributed by atoms with Gasteiger partial charge >= 0.3 is 5.97 Å². The van der Waals surface area contributed by atoms with Crippen LogP contribution in [-0.2, 0) is 14.4 Å². The fourth-order valence-electron chi connectivity index (χ4n) is 2.74. The van der Waals surface area contributed by atoms with Gasteiger partial charge in [-0.25, -0.2) is 4.79 Å². The van der Waals surface area contributed by atoms with E-state index in [2.05, 4.69) is 10.3 Å². The van der Waals surface area contributed by atoms with Crippen LogP contribution in [0, 0.1) is 0 Å². The lowest BCUT2D eigenvalue weighted by atomic mass is 10.1. The largest absolute Gasteiger partial charge is 0.480 e. The molecular weight excluding hydrogens is 344 g/mol. The van der Waals surface area contributed by atoms with Gasteiger partial charge in [0, 0.05) is 13.1 Å². The summed E-state index contributed by atoms with van der Waals surface area (Å²) in [6, 6.07) is -3.08. The maximum atomic E-state index is 12.8. The van der Waals surface area contributed by atoms with Gasteiger partial charge in [-0.1, -0.05) is 0 Å². The third-order valence-electron chi connectivity index (χ3n) is 4.20. The van der Waals surface area contributed by atoms with Gasteiger partial charge in [0.2, 0.25) is 11.8 Å². The van der Waals surface area contributed by atoms with Crippen molar-refractivity contribution in [1.82, 2.24) is 10.2 Å². The number of aliphatic hydroxyl groups is 1. The predicted octanol–water partition coefficient (Wildman–Crippen LogP) is -2.69. The minimum absolute atomic E-state index is 0.0847. The Labute approximate surface area is 151 Å². The van der Waals surface area contributed by atoms with E-state index in [4.69, 9.17) is 17.2 Å². The van der Waals surface area contributed by atoms with Crippen LogP contribution in [0.2, 0.25) is 0 Å². The van der Waals surface area contributed by atoms with Crippen LogP contribution in [0.4, 0.5) is 0 Å². The number of hydrogen-bond acceptors (Lipinski definition) is 6. The first-order chi connectivity index (χ1) is 12.1. The number of carbonyl (C=O) groups excluding carboxylic acids is 2. The number of carbonyl (C=O) groups is 3. The second-order valence-electron chi connectivity index (χ2n) is 6.30. The highest BCUT2D eigenvalue weighted by molar-refractivity contribution is 5.92. The van der Waals surface area contributed by atoms with E-state index in [-0.39, 0.29) is 18.9 Å². The van der Waals surface area contributed by atoms with Crippen LogP contribution in [-0.4, -0.2) is 76.2 Å². The third kappa shape index (κ3) is 6.15. The maximum absolute atomic E-state index is 12.8.